The number of aromatic nitrogens is 2. The van der Waals surface area contributed by atoms with Gasteiger partial charge in [-0.1, -0.05) is 91.0 Å². The van der Waals surface area contributed by atoms with Gasteiger partial charge in [-0.3, -0.25) is 0 Å². The number of nitrogens with one attached hydrogen (secondary N) is 1. The van der Waals surface area contributed by atoms with Crippen LogP contribution in [0.1, 0.15) is 16.7 Å². The number of hydrogen-bond acceptors (Lipinski definition) is 3. The van der Waals surface area contributed by atoms with E-state index >= 15 is 0 Å². The van der Waals surface area contributed by atoms with Crippen LogP contribution in [0.15, 0.2) is 103 Å². The van der Waals surface area contributed by atoms with Gasteiger partial charge in [-0.25, -0.2) is 4.68 Å². The fourth-order valence-corrected chi connectivity index (χ4v) is 3.71. The van der Waals surface area contributed by atoms with E-state index in [4.69, 9.17) is 5.73 Å². The Balaban J connectivity index is 1.97. The average molecular weight is 368 g/mol. The molecule has 140 valence electrons. The lowest BCUT2D eigenvalue weighted by Crippen LogP contribution is -2.39. The lowest BCUT2D eigenvalue weighted by molar-refractivity contribution is 0.610. The Morgan fingerprint density at radius 1 is 0.714 bits per heavy atom. The van der Waals surface area contributed by atoms with Gasteiger partial charge in [0.1, 0.15) is 11.4 Å². The molecule has 1 heterocycles. The first-order valence-electron chi connectivity index (χ1n) is 9.51. The SMILES string of the molecule is NCCn1nccc1NC(c1ccccc1)(c1ccccc1)c1ccccc1. The molecule has 0 aliphatic carbocycles. The van der Waals surface area contributed by atoms with Gasteiger partial charge in [-0.05, 0) is 16.7 Å². The summed E-state index contributed by atoms with van der Waals surface area (Å²) in [4.78, 5) is 0. The third-order valence-corrected chi connectivity index (χ3v) is 4.99. The normalized spacial score (nSPS) is 11.3. The minimum atomic E-state index is -0.559. The number of rotatable bonds is 7. The van der Waals surface area contributed by atoms with Crippen LogP contribution in [0.2, 0.25) is 0 Å². The van der Waals surface area contributed by atoms with E-state index in [1.165, 1.54) is 0 Å². The first kappa shape index (κ1) is 18.0. The van der Waals surface area contributed by atoms with Crippen LogP contribution in [0.5, 0.6) is 0 Å². The van der Waals surface area contributed by atoms with Crippen LogP contribution >= 0.6 is 0 Å². The number of benzene rings is 3. The van der Waals surface area contributed by atoms with E-state index in [0.29, 0.717) is 13.1 Å². The molecule has 0 aliphatic rings. The Morgan fingerprint density at radius 2 is 1.18 bits per heavy atom. The highest BCUT2D eigenvalue weighted by atomic mass is 15.3. The van der Waals surface area contributed by atoms with E-state index in [2.05, 4.69) is 83.2 Å². The first-order valence-corrected chi connectivity index (χ1v) is 9.51. The molecule has 0 saturated heterocycles. The highest BCUT2D eigenvalue weighted by Crippen LogP contribution is 2.39. The number of hydrogen-bond donors (Lipinski definition) is 2. The second kappa shape index (κ2) is 8.11. The van der Waals surface area contributed by atoms with E-state index < -0.39 is 5.54 Å². The van der Waals surface area contributed by atoms with E-state index in [1.54, 1.807) is 0 Å². The van der Waals surface area contributed by atoms with Crippen molar-refractivity contribution < 1.29 is 0 Å². The quantitative estimate of drug-likeness (QED) is 0.480. The standard InChI is InChI=1S/C24H24N4/c25-17-19-28-23(16-18-26-28)27-24(20-10-4-1-5-11-20,21-12-6-2-7-13-21)22-14-8-3-9-15-22/h1-16,18,27H,17,19,25H2. The predicted molar refractivity (Wildman–Crippen MR) is 114 cm³/mol. The molecule has 4 rings (SSSR count). The molecule has 0 bridgehead atoms. The van der Waals surface area contributed by atoms with Gasteiger partial charge in [0.25, 0.3) is 0 Å². The summed E-state index contributed by atoms with van der Waals surface area (Å²) in [6.07, 6.45) is 1.81. The molecular formula is C24H24N4. The van der Waals surface area contributed by atoms with Crippen LogP contribution in [-0.2, 0) is 12.1 Å². The molecule has 4 aromatic rings. The lowest BCUT2D eigenvalue weighted by Gasteiger charge is -2.37. The molecular weight excluding hydrogens is 344 g/mol. The Morgan fingerprint density at radius 3 is 1.61 bits per heavy atom. The van der Waals surface area contributed by atoms with Crippen molar-refractivity contribution in [1.82, 2.24) is 9.78 Å². The van der Waals surface area contributed by atoms with Gasteiger partial charge in [0.15, 0.2) is 0 Å². The van der Waals surface area contributed by atoms with Gasteiger partial charge >= 0.3 is 0 Å². The molecule has 1 aromatic heterocycles. The van der Waals surface area contributed by atoms with Crippen LogP contribution < -0.4 is 11.1 Å². The molecule has 4 heteroatoms. The van der Waals surface area contributed by atoms with Crippen molar-refractivity contribution in [1.29, 1.82) is 0 Å². The van der Waals surface area contributed by atoms with Crippen molar-refractivity contribution >= 4 is 5.82 Å². The molecule has 3 aromatic carbocycles. The summed E-state index contributed by atoms with van der Waals surface area (Å²) in [7, 11) is 0. The molecule has 4 nitrogen and oxygen atoms in total. The van der Waals surface area contributed by atoms with Crippen LogP contribution in [0.3, 0.4) is 0 Å². The van der Waals surface area contributed by atoms with Crippen LogP contribution in [0.25, 0.3) is 0 Å². The minimum Gasteiger partial charge on any atom is -0.353 e. The zero-order chi connectivity index (χ0) is 19.2. The van der Waals surface area contributed by atoms with Crippen molar-refractivity contribution in [2.75, 3.05) is 11.9 Å². The molecule has 3 N–H and O–H groups in total. The largest absolute Gasteiger partial charge is 0.353 e. The number of anilines is 1. The van der Waals surface area contributed by atoms with Crippen molar-refractivity contribution in [2.24, 2.45) is 5.73 Å². The smallest absolute Gasteiger partial charge is 0.125 e. The molecule has 0 aliphatic heterocycles. The summed E-state index contributed by atoms with van der Waals surface area (Å²) in [5.74, 6) is 0.932. The Bertz CT molecular complexity index is 898. The van der Waals surface area contributed by atoms with E-state index in [9.17, 15) is 0 Å². The Hall–Kier alpha value is -3.37. The molecule has 0 spiro atoms. The summed E-state index contributed by atoms with van der Waals surface area (Å²) in [5.41, 5.74) is 8.72. The van der Waals surface area contributed by atoms with E-state index in [0.717, 1.165) is 22.5 Å². The van der Waals surface area contributed by atoms with Crippen LogP contribution in [0.4, 0.5) is 5.82 Å². The van der Waals surface area contributed by atoms with Gasteiger partial charge < -0.3 is 11.1 Å². The summed E-state index contributed by atoms with van der Waals surface area (Å²) in [5, 5.41) is 8.26. The second-order valence-corrected chi connectivity index (χ2v) is 6.70. The zero-order valence-corrected chi connectivity index (χ0v) is 15.7. The molecule has 0 unspecified atom stereocenters. The summed E-state index contributed by atoms with van der Waals surface area (Å²) < 4.78 is 1.92. The predicted octanol–water partition coefficient (Wildman–Crippen LogP) is 4.25. The summed E-state index contributed by atoms with van der Waals surface area (Å²) in [6, 6.07) is 33.6. The van der Waals surface area contributed by atoms with Crippen molar-refractivity contribution in [2.45, 2.75) is 12.1 Å². The number of nitrogens with two attached hydrogens (primary N) is 1. The summed E-state index contributed by atoms with van der Waals surface area (Å²) in [6.45, 7) is 1.19. The summed E-state index contributed by atoms with van der Waals surface area (Å²) >= 11 is 0. The molecule has 0 saturated carbocycles. The molecule has 0 atom stereocenters. The Kier molecular flexibility index (Phi) is 5.22. The van der Waals surface area contributed by atoms with Crippen LogP contribution in [-0.4, -0.2) is 16.3 Å². The maximum absolute atomic E-state index is 5.80. The van der Waals surface area contributed by atoms with Crippen molar-refractivity contribution in [3.8, 4) is 0 Å². The second-order valence-electron chi connectivity index (χ2n) is 6.70. The average Bonchev–Trinajstić information content (AvgIpc) is 3.21. The topological polar surface area (TPSA) is 55.9 Å². The molecule has 28 heavy (non-hydrogen) atoms. The minimum absolute atomic E-state index is 0.533. The third-order valence-electron chi connectivity index (χ3n) is 4.99. The lowest BCUT2D eigenvalue weighted by atomic mass is 9.77. The highest BCUT2D eigenvalue weighted by molar-refractivity contribution is 5.58. The fraction of sp³-hybridized carbons (Fsp3) is 0.125. The van der Waals surface area contributed by atoms with Crippen molar-refractivity contribution in [3.63, 3.8) is 0 Å². The van der Waals surface area contributed by atoms with Crippen molar-refractivity contribution in [3.05, 3.63) is 120 Å². The number of nitrogens with zero attached hydrogens (tertiary/aromatic N) is 2. The maximum atomic E-state index is 5.80. The van der Waals surface area contributed by atoms with Gasteiger partial charge in [0.05, 0.1) is 12.7 Å². The molecule has 0 amide bonds. The van der Waals surface area contributed by atoms with Gasteiger partial charge in [-0.15, -0.1) is 0 Å². The van der Waals surface area contributed by atoms with Gasteiger partial charge in [-0.2, -0.15) is 5.10 Å². The fourth-order valence-electron chi connectivity index (χ4n) is 3.71. The van der Waals surface area contributed by atoms with E-state index in [1.807, 2.05) is 35.1 Å². The third kappa shape index (κ3) is 3.30. The first-order chi connectivity index (χ1) is 13.8. The molecule has 0 radical (unpaired) electrons. The monoisotopic (exact) mass is 368 g/mol. The van der Waals surface area contributed by atoms with Crippen LogP contribution in [0, 0.1) is 0 Å². The van der Waals surface area contributed by atoms with Gasteiger partial charge in [0.2, 0.25) is 0 Å². The highest BCUT2D eigenvalue weighted by Gasteiger charge is 2.37. The molecule has 0 fully saturated rings. The zero-order valence-electron chi connectivity index (χ0n) is 15.7. The Labute approximate surface area is 165 Å². The van der Waals surface area contributed by atoms with Gasteiger partial charge in [0, 0.05) is 12.6 Å². The van der Waals surface area contributed by atoms with E-state index in [-0.39, 0.29) is 0 Å². The maximum Gasteiger partial charge on any atom is 0.125 e.